The molecule has 2 aromatic rings. The number of aliphatic hydroxyl groups is 1. The number of ether oxygens (including phenoxy) is 3. The third-order valence-electron chi connectivity index (χ3n) is 3.91. The van der Waals surface area contributed by atoms with Gasteiger partial charge in [-0.05, 0) is 42.9 Å². The van der Waals surface area contributed by atoms with Crippen LogP contribution in [-0.2, 0) is 6.54 Å². The molecule has 0 amide bonds. The average molecular weight is 398 g/mol. The molecule has 26 heavy (non-hydrogen) atoms. The summed E-state index contributed by atoms with van der Waals surface area (Å²) in [6.07, 6.45) is -0.649. The third kappa shape index (κ3) is 5.17. The Balaban J connectivity index is 1.48. The van der Waals surface area contributed by atoms with E-state index >= 15 is 0 Å². The number of aliphatic hydroxyl groups excluding tert-OH is 1. The lowest BCUT2D eigenvalue weighted by Gasteiger charge is -2.23. The van der Waals surface area contributed by atoms with Gasteiger partial charge < -0.3 is 19.3 Å². The lowest BCUT2D eigenvalue weighted by molar-refractivity contribution is 0.0744. The molecule has 1 atom stereocenters. The van der Waals surface area contributed by atoms with Gasteiger partial charge in [0.25, 0.3) is 0 Å². The van der Waals surface area contributed by atoms with Gasteiger partial charge in [0, 0.05) is 18.1 Å². The number of hydrogen-bond acceptors (Lipinski definition) is 5. The zero-order valence-electron chi connectivity index (χ0n) is 14.5. The molecule has 1 aliphatic rings. The first-order chi connectivity index (χ1) is 12.5. The van der Waals surface area contributed by atoms with E-state index in [4.69, 9.17) is 37.4 Å². The average Bonchev–Trinajstić information content (AvgIpc) is 2.60. The Labute approximate surface area is 163 Å². The van der Waals surface area contributed by atoms with E-state index in [1.54, 1.807) is 18.2 Å². The van der Waals surface area contributed by atoms with Crippen LogP contribution in [0.15, 0.2) is 36.4 Å². The molecule has 0 bridgehead atoms. The monoisotopic (exact) mass is 397 g/mol. The lowest BCUT2D eigenvalue weighted by atomic mass is 10.2. The molecule has 3 rings (SSSR count). The molecule has 2 aromatic carbocycles. The van der Waals surface area contributed by atoms with Gasteiger partial charge in [0.05, 0.1) is 5.02 Å². The molecule has 7 heteroatoms. The normalized spacial score (nSPS) is 14.3. The van der Waals surface area contributed by atoms with Crippen LogP contribution in [0.1, 0.15) is 5.56 Å². The van der Waals surface area contributed by atoms with Crippen molar-refractivity contribution in [2.24, 2.45) is 0 Å². The number of halogens is 2. The van der Waals surface area contributed by atoms with Crippen LogP contribution >= 0.6 is 23.2 Å². The lowest BCUT2D eigenvalue weighted by Crippen LogP contribution is -2.32. The molecule has 140 valence electrons. The summed E-state index contributed by atoms with van der Waals surface area (Å²) in [7, 11) is 1.94. The van der Waals surface area contributed by atoms with Crippen LogP contribution in [0.2, 0.25) is 10.0 Å². The Morgan fingerprint density at radius 2 is 1.88 bits per heavy atom. The highest BCUT2D eigenvalue weighted by molar-refractivity contribution is 6.35. The predicted octanol–water partition coefficient (Wildman–Crippen LogP) is 3.64. The molecule has 1 N–H and O–H groups in total. The minimum atomic E-state index is -0.649. The molecule has 0 spiro atoms. The molecule has 0 unspecified atom stereocenters. The number of benzene rings is 2. The molecule has 1 aliphatic heterocycles. The van der Waals surface area contributed by atoms with Gasteiger partial charge in [-0.15, -0.1) is 0 Å². The Bertz CT molecular complexity index is 756. The van der Waals surface area contributed by atoms with Gasteiger partial charge in [-0.2, -0.15) is 0 Å². The third-order valence-corrected chi connectivity index (χ3v) is 4.44. The molecule has 0 saturated carbocycles. The van der Waals surface area contributed by atoms with Crippen molar-refractivity contribution in [3.63, 3.8) is 0 Å². The Morgan fingerprint density at radius 1 is 1.12 bits per heavy atom. The molecule has 0 aliphatic carbocycles. The molecular formula is C19H21Cl2NO4. The summed E-state index contributed by atoms with van der Waals surface area (Å²) in [6, 6.07) is 10.9. The van der Waals surface area contributed by atoms with Crippen LogP contribution in [-0.4, -0.2) is 49.5 Å². The zero-order valence-corrected chi connectivity index (χ0v) is 16.0. The van der Waals surface area contributed by atoms with Gasteiger partial charge in [0.2, 0.25) is 0 Å². The van der Waals surface area contributed by atoms with Crippen LogP contribution in [0, 0.1) is 0 Å². The topological polar surface area (TPSA) is 51.2 Å². The van der Waals surface area contributed by atoms with Gasteiger partial charge in [-0.1, -0.05) is 29.3 Å². The van der Waals surface area contributed by atoms with Crippen molar-refractivity contribution in [1.82, 2.24) is 4.90 Å². The number of hydrogen-bond donors (Lipinski definition) is 1. The first-order valence-electron chi connectivity index (χ1n) is 8.34. The first kappa shape index (κ1) is 19.1. The summed E-state index contributed by atoms with van der Waals surface area (Å²) < 4.78 is 16.7. The molecule has 0 saturated heterocycles. The molecule has 1 heterocycles. The van der Waals surface area contributed by atoms with Crippen LogP contribution in [0.25, 0.3) is 0 Å². The van der Waals surface area contributed by atoms with Crippen LogP contribution in [0.5, 0.6) is 17.2 Å². The highest BCUT2D eigenvalue weighted by Crippen LogP contribution is 2.31. The summed E-state index contributed by atoms with van der Waals surface area (Å²) in [5, 5.41) is 11.2. The van der Waals surface area contributed by atoms with Crippen molar-refractivity contribution in [1.29, 1.82) is 0 Å². The number of likely N-dealkylation sites (N-methyl/N-ethyl adjacent to an activating group) is 1. The van der Waals surface area contributed by atoms with Gasteiger partial charge in [0.1, 0.15) is 31.7 Å². The van der Waals surface area contributed by atoms with E-state index in [-0.39, 0.29) is 6.61 Å². The van der Waals surface area contributed by atoms with Crippen molar-refractivity contribution in [2.75, 3.05) is 33.4 Å². The van der Waals surface area contributed by atoms with Gasteiger partial charge in [-0.3, -0.25) is 4.90 Å². The van der Waals surface area contributed by atoms with E-state index in [0.717, 1.165) is 17.1 Å². The zero-order chi connectivity index (χ0) is 18.5. The van der Waals surface area contributed by atoms with E-state index in [1.165, 1.54) is 0 Å². The van der Waals surface area contributed by atoms with E-state index in [0.29, 0.717) is 42.1 Å². The van der Waals surface area contributed by atoms with Crippen LogP contribution in [0.4, 0.5) is 0 Å². The number of fused-ring (bicyclic) bond motifs is 1. The molecule has 0 aromatic heterocycles. The minimum Gasteiger partial charge on any atom is -0.489 e. The second kappa shape index (κ2) is 8.82. The number of rotatable bonds is 7. The molecule has 5 nitrogen and oxygen atoms in total. The standard InChI is InChI=1S/C19H21Cl2NO4/c1-22(10-13-2-4-18-19(8-13)25-7-6-24-18)11-15(23)12-26-17-5-3-14(20)9-16(17)21/h2-5,8-9,15,23H,6-7,10-12H2,1H3/t15-/m0/s1. The van der Waals surface area contributed by atoms with E-state index in [2.05, 4.69) is 0 Å². The maximum absolute atomic E-state index is 10.2. The molecule has 0 radical (unpaired) electrons. The largest absolute Gasteiger partial charge is 0.489 e. The SMILES string of the molecule is CN(Cc1ccc2c(c1)OCCO2)C[C@H](O)COc1ccc(Cl)cc1Cl. The van der Waals surface area contributed by atoms with Gasteiger partial charge >= 0.3 is 0 Å². The van der Waals surface area contributed by atoms with E-state index in [1.807, 2.05) is 30.1 Å². The molecule has 0 fully saturated rings. The minimum absolute atomic E-state index is 0.146. The van der Waals surface area contributed by atoms with E-state index in [9.17, 15) is 5.11 Å². The van der Waals surface area contributed by atoms with Gasteiger partial charge in [-0.25, -0.2) is 0 Å². The second-order valence-electron chi connectivity index (χ2n) is 6.21. The number of nitrogens with zero attached hydrogens (tertiary/aromatic N) is 1. The molecular weight excluding hydrogens is 377 g/mol. The van der Waals surface area contributed by atoms with Gasteiger partial charge in [0.15, 0.2) is 11.5 Å². The maximum Gasteiger partial charge on any atom is 0.161 e. The highest BCUT2D eigenvalue weighted by atomic mass is 35.5. The fraction of sp³-hybridized carbons (Fsp3) is 0.368. The maximum atomic E-state index is 10.2. The fourth-order valence-corrected chi connectivity index (χ4v) is 3.22. The van der Waals surface area contributed by atoms with Crippen LogP contribution in [0.3, 0.4) is 0 Å². The summed E-state index contributed by atoms with van der Waals surface area (Å²) in [5.41, 5.74) is 1.09. The van der Waals surface area contributed by atoms with Crippen molar-refractivity contribution in [2.45, 2.75) is 12.6 Å². The highest BCUT2D eigenvalue weighted by Gasteiger charge is 2.14. The summed E-state index contributed by atoms with van der Waals surface area (Å²) >= 11 is 11.9. The smallest absolute Gasteiger partial charge is 0.161 e. The van der Waals surface area contributed by atoms with Crippen molar-refractivity contribution < 1.29 is 19.3 Å². The first-order valence-corrected chi connectivity index (χ1v) is 9.10. The summed E-state index contributed by atoms with van der Waals surface area (Å²) in [4.78, 5) is 2.02. The van der Waals surface area contributed by atoms with Crippen LogP contribution < -0.4 is 14.2 Å². The quantitative estimate of drug-likeness (QED) is 0.772. The van der Waals surface area contributed by atoms with Crippen molar-refractivity contribution in [3.8, 4) is 17.2 Å². The Kier molecular flexibility index (Phi) is 6.48. The Hall–Kier alpha value is -1.66. The van der Waals surface area contributed by atoms with Crippen molar-refractivity contribution in [3.05, 3.63) is 52.0 Å². The Morgan fingerprint density at radius 3 is 2.65 bits per heavy atom. The van der Waals surface area contributed by atoms with Crippen molar-refractivity contribution >= 4 is 23.2 Å². The fourth-order valence-electron chi connectivity index (χ4n) is 2.75. The summed E-state index contributed by atoms with van der Waals surface area (Å²) in [6.45, 7) is 2.42. The predicted molar refractivity (Wildman–Crippen MR) is 102 cm³/mol. The van der Waals surface area contributed by atoms with E-state index < -0.39 is 6.10 Å². The second-order valence-corrected chi connectivity index (χ2v) is 7.06. The summed E-state index contributed by atoms with van der Waals surface area (Å²) in [5.74, 6) is 2.05.